The number of hydrogen-bond donors (Lipinski definition) is 1. The normalized spacial score (nSPS) is 11.0. The van der Waals surface area contributed by atoms with Gasteiger partial charge in [-0.15, -0.1) is 10.2 Å². The van der Waals surface area contributed by atoms with Crippen LogP contribution in [-0.4, -0.2) is 19.9 Å². The van der Waals surface area contributed by atoms with E-state index in [-0.39, 0.29) is 11.9 Å². The monoisotopic (exact) mass is 311 g/mol. The first-order chi connectivity index (χ1) is 10.7. The lowest BCUT2D eigenvalue weighted by molar-refractivity contribution is 1.02. The fraction of sp³-hybridized carbons (Fsp3) is 0. The lowest BCUT2D eigenvalue weighted by atomic mass is 10.1. The van der Waals surface area contributed by atoms with Crippen LogP contribution in [0.2, 0.25) is 5.02 Å². The molecule has 0 amide bonds. The number of benzene rings is 1. The quantitative estimate of drug-likeness (QED) is 0.745. The largest absolute Gasteiger partial charge is 0.384 e. The fourth-order valence-electron chi connectivity index (χ4n) is 1.66. The number of nitrogens with zero attached hydrogens (tertiary/aromatic N) is 6. The topological polar surface area (TPSA) is 102 Å². The van der Waals surface area contributed by atoms with Crippen molar-refractivity contribution in [3.8, 4) is 11.1 Å². The average molecular weight is 312 g/mol. The number of anilines is 1. The van der Waals surface area contributed by atoms with Gasteiger partial charge in [-0.2, -0.15) is 4.98 Å². The Hall–Kier alpha value is -2.93. The summed E-state index contributed by atoms with van der Waals surface area (Å²) in [6.45, 7) is 0. The molecule has 8 heteroatoms. The summed E-state index contributed by atoms with van der Waals surface area (Å²) in [4.78, 5) is 16.1. The highest BCUT2D eigenvalue weighted by molar-refractivity contribution is 6.30. The van der Waals surface area contributed by atoms with Crippen molar-refractivity contribution < 1.29 is 0 Å². The SMILES string of the molecule is Nc1ccnc(N=Nc2ncc(-c3ccc(Cl)cc3)cn2)n1. The zero-order valence-corrected chi connectivity index (χ0v) is 12.0. The van der Waals surface area contributed by atoms with E-state index in [2.05, 4.69) is 30.2 Å². The fourth-order valence-corrected chi connectivity index (χ4v) is 1.79. The Balaban J connectivity index is 1.78. The van der Waals surface area contributed by atoms with Crippen LogP contribution in [0.25, 0.3) is 11.1 Å². The second kappa shape index (κ2) is 6.23. The van der Waals surface area contributed by atoms with E-state index in [1.165, 1.54) is 6.20 Å². The van der Waals surface area contributed by atoms with Gasteiger partial charge in [-0.1, -0.05) is 23.7 Å². The van der Waals surface area contributed by atoms with Crippen LogP contribution in [-0.2, 0) is 0 Å². The minimum absolute atomic E-state index is 0.158. The molecule has 0 fully saturated rings. The Morgan fingerprint density at radius 1 is 0.818 bits per heavy atom. The Kier molecular flexibility index (Phi) is 3.97. The predicted molar refractivity (Wildman–Crippen MR) is 83.1 cm³/mol. The van der Waals surface area contributed by atoms with E-state index in [9.17, 15) is 0 Å². The molecule has 0 spiro atoms. The summed E-state index contributed by atoms with van der Waals surface area (Å²) in [6.07, 6.45) is 4.82. The first-order valence-corrected chi connectivity index (χ1v) is 6.67. The second-order valence-electron chi connectivity index (χ2n) is 4.26. The molecule has 3 rings (SSSR count). The van der Waals surface area contributed by atoms with Crippen LogP contribution in [0.4, 0.5) is 17.7 Å². The molecule has 0 unspecified atom stereocenters. The van der Waals surface area contributed by atoms with Crippen LogP contribution >= 0.6 is 11.6 Å². The maximum absolute atomic E-state index is 5.86. The van der Waals surface area contributed by atoms with Crippen molar-refractivity contribution in [3.05, 3.63) is 53.9 Å². The molecule has 7 nitrogen and oxygen atoms in total. The number of aromatic nitrogens is 4. The maximum atomic E-state index is 5.86. The summed E-state index contributed by atoms with van der Waals surface area (Å²) in [6, 6.07) is 8.96. The van der Waals surface area contributed by atoms with Crippen molar-refractivity contribution in [2.45, 2.75) is 0 Å². The van der Waals surface area contributed by atoms with E-state index in [0.717, 1.165) is 11.1 Å². The minimum Gasteiger partial charge on any atom is -0.384 e. The summed E-state index contributed by atoms with van der Waals surface area (Å²) in [5.74, 6) is 0.692. The van der Waals surface area contributed by atoms with Crippen LogP contribution in [0.15, 0.2) is 59.2 Å². The molecule has 0 bridgehead atoms. The molecule has 2 aromatic heterocycles. The standard InChI is InChI=1S/C14H10ClN7/c15-11-3-1-9(2-4-11)10-7-18-13(19-8-10)21-22-14-17-6-5-12(16)20-14/h1-8H,(H2,16,17,20). The predicted octanol–water partition coefficient (Wildman–Crippen LogP) is 3.58. The molecule has 0 saturated heterocycles. The van der Waals surface area contributed by atoms with Crippen molar-refractivity contribution in [3.63, 3.8) is 0 Å². The van der Waals surface area contributed by atoms with Gasteiger partial charge < -0.3 is 5.73 Å². The van der Waals surface area contributed by atoms with Gasteiger partial charge in [0.2, 0.25) is 0 Å². The minimum atomic E-state index is 0.158. The van der Waals surface area contributed by atoms with E-state index >= 15 is 0 Å². The second-order valence-corrected chi connectivity index (χ2v) is 4.70. The Bertz CT molecular complexity index is 800. The summed E-state index contributed by atoms with van der Waals surface area (Å²) in [7, 11) is 0. The van der Waals surface area contributed by atoms with Crippen LogP contribution < -0.4 is 5.73 Å². The molecule has 0 radical (unpaired) electrons. The van der Waals surface area contributed by atoms with E-state index < -0.39 is 0 Å². The van der Waals surface area contributed by atoms with Gasteiger partial charge in [0.05, 0.1) is 0 Å². The van der Waals surface area contributed by atoms with Crippen LogP contribution in [0.3, 0.4) is 0 Å². The van der Waals surface area contributed by atoms with Gasteiger partial charge >= 0.3 is 0 Å². The van der Waals surface area contributed by atoms with Gasteiger partial charge in [0.1, 0.15) is 5.82 Å². The van der Waals surface area contributed by atoms with Crippen molar-refractivity contribution in [2.24, 2.45) is 10.2 Å². The Labute approximate surface area is 131 Å². The first-order valence-electron chi connectivity index (χ1n) is 6.29. The third-order valence-corrected chi connectivity index (χ3v) is 2.96. The van der Waals surface area contributed by atoms with Crippen molar-refractivity contribution in [2.75, 3.05) is 5.73 Å². The van der Waals surface area contributed by atoms with Crippen LogP contribution in [0.1, 0.15) is 0 Å². The molecule has 0 aliphatic heterocycles. The number of rotatable bonds is 3. The molecule has 22 heavy (non-hydrogen) atoms. The van der Waals surface area contributed by atoms with Gasteiger partial charge in [0.25, 0.3) is 11.9 Å². The molecule has 0 aliphatic rings. The van der Waals surface area contributed by atoms with E-state index in [4.69, 9.17) is 17.3 Å². The molecule has 2 N–H and O–H groups in total. The van der Waals surface area contributed by atoms with Gasteiger partial charge in [0, 0.05) is 29.2 Å². The zero-order valence-electron chi connectivity index (χ0n) is 11.3. The molecule has 2 heterocycles. The zero-order chi connectivity index (χ0) is 15.4. The molecule has 0 saturated carbocycles. The summed E-state index contributed by atoms with van der Waals surface area (Å²) in [5, 5.41) is 8.38. The van der Waals surface area contributed by atoms with Crippen LogP contribution in [0, 0.1) is 0 Å². The van der Waals surface area contributed by atoms with Crippen molar-refractivity contribution in [1.82, 2.24) is 19.9 Å². The summed E-state index contributed by atoms with van der Waals surface area (Å²) < 4.78 is 0. The smallest absolute Gasteiger partial charge is 0.270 e. The van der Waals surface area contributed by atoms with Gasteiger partial charge in [-0.25, -0.2) is 15.0 Å². The molecule has 108 valence electrons. The van der Waals surface area contributed by atoms with Gasteiger partial charge in [0.15, 0.2) is 0 Å². The molecule has 0 aliphatic carbocycles. The summed E-state index contributed by atoms with van der Waals surface area (Å²) in [5.41, 5.74) is 7.35. The van der Waals surface area contributed by atoms with Gasteiger partial charge in [-0.05, 0) is 23.8 Å². The third-order valence-electron chi connectivity index (χ3n) is 2.71. The number of azo groups is 1. The van der Waals surface area contributed by atoms with E-state index in [1.807, 2.05) is 24.3 Å². The maximum Gasteiger partial charge on any atom is 0.270 e. The number of nitrogen functional groups attached to an aromatic ring is 1. The lowest BCUT2D eigenvalue weighted by Gasteiger charge is -2.00. The number of nitrogens with two attached hydrogens (primary N) is 1. The first kappa shape index (κ1) is 14.0. The molecule has 0 atom stereocenters. The Morgan fingerprint density at radius 2 is 1.50 bits per heavy atom. The molecule has 1 aromatic carbocycles. The average Bonchev–Trinajstić information content (AvgIpc) is 2.54. The Morgan fingerprint density at radius 3 is 2.18 bits per heavy atom. The van der Waals surface area contributed by atoms with E-state index in [1.54, 1.807) is 18.5 Å². The highest BCUT2D eigenvalue weighted by atomic mass is 35.5. The molecular formula is C14H10ClN7. The number of halogens is 1. The van der Waals surface area contributed by atoms with Crippen LogP contribution in [0.5, 0.6) is 0 Å². The van der Waals surface area contributed by atoms with Gasteiger partial charge in [-0.3, -0.25) is 0 Å². The highest BCUT2D eigenvalue weighted by Crippen LogP contribution is 2.21. The van der Waals surface area contributed by atoms with Crippen molar-refractivity contribution in [1.29, 1.82) is 0 Å². The molecular weight excluding hydrogens is 302 g/mol. The number of hydrogen-bond acceptors (Lipinski definition) is 7. The molecule has 3 aromatic rings. The van der Waals surface area contributed by atoms with Crippen molar-refractivity contribution >= 4 is 29.3 Å². The van der Waals surface area contributed by atoms with E-state index in [0.29, 0.717) is 10.8 Å². The third kappa shape index (κ3) is 3.39. The summed E-state index contributed by atoms with van der Waals surface area (Å²) >= 11 is 5.86. The highest BCUT2D eigenvalue weighted by Gasteiger charge is 2.01. The lowest BCUT2D eigenvalue weighted by Crippen LogP contribution is -1.89.